The number of rotatable bonds is 1. The average Bonchev–Trinajstić information content (AvgIpc) is 2.73. The van der Waals surface area contributed by atoms with E-state index in [0.29, 0.717) is 6.61 Å². The average molecular weight is 232 g/mol. The van der Waals surface area contributed by atoms with Gasteiger partial charge in [-0.25, -0.2) is 4.98 Å². The van der Waals surface area contributed by atoms with Crippen LogP contribution in [-0.4, -0.2) is 11.6 Å². The highest BCUT2D eigenvalue weighted by atomic mass is 32.1. The second-order valence-corrected chi connectivity index (χ2v) is 4.90. The molecule has 1 aliphatic rings. The molecule has 0 saturated carbocycles. The molecule has 1 aromatic heterocycles. The van der Waals surface area contributed by atoms with E-state index in [9.17, 15) is 0 Å². The molecular formula is C12H12N2OS. The highest BCUT2D eigenvalue weighted by Crippen LogP contribution is 2.31. The normalized spacial score (nSPS) is 14.8. The van der Waals surface area contributed by atoms with E-state index in [0.717, 1.165) is 29.3 Å². The molecule has 0 unspecified atom stereocenters. The summed E-state index contributed by atoms with van der Waals surface area (Å²) in [5.41, 5.74) is 8.78. The number of ether oxygens (including phenoxy) is 1. The van der Waals surface area contributed by atoms with E-state index in [1.807, 2.05) is 24.3 Å². The zero-order valence-corrected chi connectivity index (χ0v) is 9.59. The Morgan fingerprint density at radius 1 is 1.25 bits per heavy atom. The van der Waals surface area contributed by atoms with Gasteiger partial charge < -0.3 is 10.5 Å². The zero-order valence-electron chi connectivity index (χ0n) is 8.77. The summed E-state index contributed by atoms with van der Waals surface area (Å²) in [5.74, 6) is 0. The van der Waals surface area contributed by atoms with E-state index in [2.05, 4.69) is 4.98 Å². The van der Waals surface area contributed by atoms with Crippen LogP contribution >= 0.6 is 11.3 Å². The topological polar surface area (TPSA) is 48.1 Å². The summed E-state index contributed by atoms with van der Waals surface area (Å²) in [6.07, 6.45) is 0.931. The Balaban J connectivity index is 2.00. The first-order valence-electron chi connectivity index (χ1n) is 5.25. The molecule has 0 radical (unpaired) electrons. The van der Waals surface area contributed by atoms with Crippen LogP contribution in [0.1, 0.15) is 10.6 Å². The maximum Gasteiger partial charge on any atom is 0.123 e. The lowest BCUT2D eigenvalue weighted by Gasteiger charge is -2.08. The number of nitrogen functional groups attached to an aromatic ring is 1. The summed E-state index contributed by atoms with van der Waals surface area (Å²) in [5, 5.41) is 1.07. The molecule has 1 aliphatic heterocycles. The van der Waals surface area contributed by atoms with Crippen molar-refractivity contribution in [2.75, 3.05) is 12.3 Å². The fourth-order valence-corrected chi connectivity index (χ4v) is 2.83. The van der Waals surface area contributed by atoms with Crippen molar-refractivity contribution in [3.05, 3.63) is 34.8 Å². The van der Waals surface area contributed by atoms with E-state index < -0.39 is 0 Å². The first kappa shape index (κ1) is 9.81. The molecular weight excluding hydrogens is 220 g/mol. The van der Waals surface area contributed by atoms with Crippen LogP contribution in [0.5, 0.6) is 0 Å². The zero-order chi connectivity index (χ0) is 11.0. The minimum atomic E-state index is 0.710. The van der Waals surface area contributed by atoms with Gasteiger partial charge in [0, 0.05) is 17.7 Å². The maximum atomic E-state index is 5.67. The molecule has 0 spiro atoms. The van der Waals surface area contributed by atoms with Gasteiger partial charge in [-0.15, -0.1) is 11.3 Å². The van der Waals surface area contributed by atoms with Gasteiger partial charge in [-0.2, -0.15) is 0 Å². The van der Waals surface area contributed by atoms with Crippen LogP contribution in [0, 0.1) is 0 Å². The van der Waals surface area contributed by atoms with Crippen LogP contribution < -0.4 is 5.73 Å². The number of fused-ring (bicyclic) bond motifs is 1. The van der Waals surface area contributed by atoms with Gasteiger partial charge in [0.15, 0.2) is 0 Å². The fourth-order valence-electron chi connectivity index (χ4n) is 1.77. The van der Waals surface area contributed by atoms with E-state index >= 15 is 0 Å². The summed E-state index contributed by atoms with van der Waals surface area (Å²) < 4.78 is 5.41. The summed E-state index contributed by atoms with van der Waals surface area (Å²) in [4.78, 5) is 5.91. The van der Waals surface area contributed by atoms with Crippen LogP contribution in [0.15, 0.2) is 24.3 Å². The highest BCUT2D eigenvalue weighted by Gasteiger charge is 2.16. The first-order valence-corrected chi connectivity index (χ1v) is 6.07. The van der Waals surface area contributed by atoms with Crippen molar-refractivity contribution in [3.8, 4) is 10.6 Å². The quantitative estimate of drug-likeness (QED) is 0.768. The summed E-state index contributed by atoms with van der Waals surface area (Å²) in [6.45, 7) is 1.50. The van der Waals surface area contributed by atoms with Gasteiger partial charge in [0.25, 0.3) is 0 Å². The van der Waals surface area contributed by atoms with E-state index in [1.54, 1.807) is 11.3 Å². The standard InChI is InChI=1S/C12H12N2OS/c13-9-3-1-8(2-4-9)12-14-10-5-6-15-7-11(10)16-12/h1-4H,5-7,13H2. The predicted molar refractivity (Wildman–Crippen MR) is 65.3 cm³/mol. The molecule has 82 valence electrons. The van der Waals surface area contributed by atoms with Crippen LogP contribution in [0.2, 0.25) is 0 Å². The van der Waals surface area contributed by atoms with Crippen molar-refractivity contribution >= 4 is 17.0 Å². The fraction of sp³-hybridized carbons (Fsp3) is 0.250. The molecule has 4 heteroatoms. The second kappa shape index (κ2) is 3.88. The van der Waals surface area contributed by atoms with Crippen molar-refractivity contribution in [3.63, 3.8) is 0 Å². The first-order chi connectivity index (χ1) is 7.83. The third-order valence-electron chi connectivity index (χ3n) is 2.65. The predicted octanol–water partition coefficient (Wildman–Crippen LogP) is 2.47. The van der Waals surface area contributed by atoms with Crippen molar-refractivity contribution in [1.29, 1.82) is 0 Å². The largest absolute Gasteiger partial charge is 0.399 e. The van der Waals surface area contributed by atoms with E-state index in [-0.39, 0.29) is 0 Å². The van der Waals surface area contributed by atoms with Crippen molar-refractivity contribution in [1.82, 2.24) is 4.98 Å². The third-order valence-corrected chi connectivity index (χ3v) is 3.77. The Bertz CT molecular complexity index is 481. The summed E-state index contributed by atoms with van der Waals surface area (Å²) >= 11 is 1.72. The molecule has 2 N–H and O–H groups in total. The Hall–Kier alpha value is -1.39. The lowest BCUT2D eigenvalue weighted by Crippen LogP contribution is -2.07. The molecule has 3 nitrogen and oxygen atoms in total. The molecule has 0 saturated heterocycles. The van der Waals surface area contributed by atoms with Gasteiger partial charge in [0.1, 0.15) is 5.01 Å². The van der Waals surface area contributed by atoms with Gasteiger partial charge in [-0.3, -0.25) is 0 Å². The van der Waals surface area contributed by atoms with Crippen molar-refractivity contribution in [2.24, 2.45) is 0 Å². The van der Waals surface area contributed by atoms with Gasteiger partial charge in [-0.05, 0) is 24.3 Å². The van der Waals surface area contributed by atoms with Crippen LogP contribution in [-0.2, 0) is 17.8 Å². The van der Waals surface area contributed by atoms with Crippen molar-refractivity contribution < 1.29 is 4.74 Å². The monoisotopic (exact) mass is 232 g/mol. The van der Waals surface area contributed by atoms with Gasteiger partial charge in [0.05, 0.1) is 23.8 Å². The number of nitrogens with zero attached hydrogens (tertiary/aromatic N) is 1. The van der Waals surface area contributed by atoms with Gasteiger partial charge >= 0.3 is 0 Å². The molecule has 1 aromatic carbocycles. The minimum Gasteiger partial charge on any atom is -0.399 e. The molecule has 16 heavy (non-hydrogen) atoms. The Morgan fingerprint density at radius 2 is 2.06 bits per heavy atom. The Morgan fingerprint density at radius 3 is 2.81 bits per heavy atom. The second-order valence-electron chi connectivity index (χ2n) is 3.81. The molecule has 0 amide bonds. The van der Waals surface area contributed by atoms with Crippen LogP contribution in [0.4, 0.5) is 5.69 Å². The molecule has 0 atom stereocenters. The van der Waals surface area contributed by atoms with Gasteiger partial charge in [0.2, 0.25) is 0 Å². The number of anilines is 1. The molecule has 0 fully saturated rings. The van der Waals surface area contributed by atoms with Crippen LogP contribution in [0.3, 0.4) is 0 Å². The Labute approximate surface area is 97.9 Å². The molecule has 3 rings (SSSR count). The highest BCUT2D eigenvalue weighted by molar-refractivity contribution is 7.15. The van der Waals surface area contributed by atoms with E-state index in [4.69, 9.17) is 10.5 Å². The molecule has 0 bridgehead atoms. The maximum absolute atomic E-state index is 5.67. The number of aromatic nitrogens is 1. The molecule has 0 aliphatic carbocycles. The van der Waals surface area contributed by atoms with Gasteiger partial charge in [-0.1, -0.05) is 0 Å². The Kier molecular flexibility index (Phi) is 2.38. The number of thiazole rings is 1. The molecule has 2 aromatic rings. The SMILES string of the molecule is Nc1ccc(-c2nc3c(s2)COCC3)cc1. The lowest BCUT2D eigenvalue weighted by molar-refractivity contribution is 0.112. The lowest BCUT2D eigenvalue weighted by atomic mass is 10.2. The number of hydrogen-bond acceptors (Lipinski definition) is 4. The van der Waals surface area contributed by atoms with Crippen molar-refractivity contribution in [2.45, 2.75) is 13.0 Å². The number of benzene rings is 1. The van der Waals surface area contributed by atoms with E-state index in [1.165, 1.54) is 10.6 Å². The smallest absolute Gasteiger partial charge is 0.123 e. The number of hydrogen-bond donors (Lipinski definition) is 1. The number of nitrogens with two attached hydrogens (primary N) is 1. The van der Waals surface area contributed by atoms with Crippen LogP contribution in [0.25, 0.3) is 10.6 Å². The summed E-state index contributed by atoms with van der Waals surface area (Å²) in [6, 6.07) is 7.85. The molecule has 2 heterocycles. The third kappa shape index (κ3) is 1.70. The summed E-state index contributed by atoms with van der Waals surface area (Å²) in [7, 11) is 0. The minimum absolute atomic E-state index is 0.710.